The van der Waals surface area contributed by atoms with E-state index in [1.165, 1.54) is 33.2 Å². The maximum absolute atomic E-state index is 6.29. The highest BCUT2D eigenvalue weighted by Gasteiger charge is 2.15. The van der Waals surface area contributed by atoms with Crippen molar-refractivity contribution in [2.24, 2.45) is 0 Å². The minimum Gasteiger partial charge on any atom is -0.455 e. The Kier molecular flexibility index (Phi) is 3.61. The molecule has 1 heterocycles. The molecule has 0 radical (unpaired) electrons. The average Bonchev–Trinajstić information content (AvgIpc) is 3.06. The highest BCUT2D eigenvalue weighted by molar-refractivity contribution is 6.11. The first-order chi connectivity index (χ1) is 13.2. The molecule has 0 spiro atoms. The van der Waals surface area contributed by atoms with Crippen LogP contribution in [0.15, 0.2) is 89.3 Å². The van der Waals surface area contributed by atoms with Gasteiger partial charge < -0.3 is 4.42 Å². The number of para-hydroxylation sites is 1. The molecule has 27 heavy (non-hydrogen) atoms. The van der Waals surface area contributed by atoms with Crippen LogP contribution in [0, 0.1) is 13.8 Å². The van der Waals surface area contributed by atoms with Crippen molar-refractivity contribution in [2.75, 3.05) is 0 Å². The predicted molar refractivity (Wildman–Crippen MR) is 114 cm³/mol. The summed E-state index contributed by atoms with van der Waals surface area (Å²) < 4.78 is 6.29. The van der Waals surface area contributed by atoms with E-state index in [0.717, 1.165) is 22.1 Å². The fourth-order valence-corrected chi connectivity index (χ4v) is 3.85. The molecule has 0 N–H and O–H groups in total. The third-order valence-corrected chi connectivity index (χ3v) is 5.16. The fourth-order valence-electron chi connectivity index (χ4n) is 3.85. The standard InChI is InChI=1S/C26H20O/c1-17-7-5-9-19(13-17)21-15-23(20-10-6-8-18(2)14-20)26-24(16-21)22-11-3-4-12-25(22)27-26/h3-16H,1-2H3. The fraction of sp³-hybridized carbons (Fsp3) is 0.0769. The molecule has 0 amide bonds. The topological polar surface area (TPSA) is 13.1 Å². The third-order valence-electron chi connectivity index (χ3n) is 5.16. The van der Waals surface area contributed by atoms with Crippen LogP contribution in [-0.2, 0) is 0 Å². The lowest BCUT2D eigenvalue weighted by Gasteiger charge is -2.09. The molecule has 130 valence electrons. The minimum atomic E-state index is 0.933. The lowest BCUT2D eigenvalue weighted by molar-refractivity contribution is 0.670. The first-order valence-electron chi connectivity index (χ1n) is 9.28. The molecule has 1 aromatic heterocycles. The molecule has 0 aliphatic rings. The van der Waals surface area contributed by atoms with Gasteiger partial charge in [-0.15, -0.1) is 0 Å². The van der Waals surface area contributed by atoms with Crippen LogP contribution in [0.4, 0.5) is 0 Å². The quantitative estimate of drug-likeness (QED) is 0.321. The summed E-state index contributed by atoms with van der Waals surface area (Å²) in [4.78, 5) is 0. The first-order valence-corrected chi connectivity index (χ1v) is 9.28. The monoisotopic (exact) mass is 348 g/mol. The van der Waals surface area contributed by atoms with Gasteiger partial charge in [-0.25, -0.2) is 0 Å². The number of furan rings is 1. The van der Waals surface area contributed by atoms with Crippen LogP contribution in [0.2, 0.25) is 0 Å². The first kappa shape index (κ1) is 15.9. The van der Waals surface area contributed by atoms with Crippen LogP contribution in [0.1, 0.15) is 11.1 Å². The van der Waals surface area contributed by atoms with Crippen LogP contribution in [0.25, 0.3) is 44.2 Å². The highest BCUT2D eigenvalue weighted by atomic mass is 16.3. The van der Waals surface area contributed by atoms with Crippen molar-refractivity contribution >= 4 is 21.9 Å². The average molecular weight is 348 g/mol. The second-order valence-electron chi connectivity index (χ2n) is 7.24. The van der Waals surface area contributed by atoms with E-state index in [1.807, 2.05) is 12.1 Å². The molecule has 1 heteroatoms. The zero-order valence-corrected chi connectivity index (χ0v) is 15.5. The van der Waals surface area contributed by atoms with Gasteiger partial charge in [0.05, 0.1) is 0 Å². The van der Waals surface area contributed by atoms with Crippen molar-refractivity contribution in [3.05, 3.63) is 96.1 Å². The Morgan fingerprint density at radius 1 is 0.556 bits per heavy atom. The summed E-state index contributed by atoms with van der Waals surface area (Å²) in [7, 11) is 0. The highest BCUT2D eigenvalue weighted by Crippen LogP contribution is 2.39. The molecule has 0 saturated carbocycles. The van der Waals surface area contributed by atoms with Crippen molar-refractivity contribution in [3.8, 4) is 22.3 Å². The maximum atomic E-state index is 6.29. The van der Waals surface area contributed by atoms with Gasteiger partial charge in [0.15, 0.2) is 0 Å². The van der Waals surface area contributed by atoms with Crippen LogP contribution >= 0.6 is 0 Å². The number of fused-ring (bicyclic) bond motifs is 3. The molecule has 0 aliphatic heterocycles. The Hall–Kier alpha value is -3.32. The van der Waals surface area contributed by atoms with Crippen LogP contribution in [-0.4, -0.2) is 0 Å². The Bertz CT molecular complexity index is 1290. The van der Waals surface area contributed by atoms with E-state index in [2.05, 4.69) is 86.6 Å². The second-order valence-corrected chi connectivity index (χ2v) is 7.24. The number of rotatable bonds is 2. The molecule has 0 bridgehead atoms. The molecule has 0 aliphatic carbocycles. The number of benzene rings is 4. The maximum Gasteiger partial charge on any atom is 0.143 e. The summed E-state index contributed by atoms with van der Waals surface area (Å²) in [5.41, 5.74) is 9.18. The molecule has 5 aromatic rings. The van der Waals surface area contributed by atoms with Crippen molar-refractivity contribution in [1.29, 1.82) is 0 Å². The summed E-state index contributed by atoms with van der Waals surface area (Å²) >= 11 is 0. The van der Waals surface area contributed by atoms with Crippen molar-refractivity contribution in [1.82, 2.24) is 0 Å². The van der Waals surface area contributed by atoms with Crippen LogP contribution in [0.3, 0.4) is 0 Å². The van der Waals surface area contributed by atoms with Gasteiger partial charge in [-0.05, 0) is 48.7 Å². The molecule has 0 fully saturated rings. The summed E-state index contributed by atoms with van der Waals surface area (Å²) in [6.45, 7) is 4.26. The predicted octanol–water partition coefficient (Wildman–Crippen LogP) is 7.54. The molecule has 5 rings (SSSR count). The number of hydrogen-bond donors (Lipinski definition) is 0. The Morgan fingerprint density at radius 2 is 1.26 bits per heavy atom. The lowest BCUT2D eigenvalue weighted by Crippen LogP contribution is -1.85. The summed E-state index contributed by atoms with van der Waals surface area (Å²) in [6.07, 6.45) is 0. The second kappa shape index (κ2) is 6.14. The molecule has 1 nitrogen and oxygen atoms in total. The van der Waals surface area contributed by atoms with E-state index >= 15 is 0 Å². The summed E-state index contributed by atoms with van der Waals surface area (Å²) in [5.74, 6) is 0. The van der Waals surface area contributed by atoms with Crippen molar-refractivity contribution in [3.63, 3.8) is 0 Å². The molecule has 0 atom stereocenters. The number of hydrogen-bond acceptors (Lipinski definition) is 1. The van der Waals surface area contributed by atoms with Gasteiger partial charge in [0.25, 0.3) is 0 Å². The van der Waals surface area contributed by atoms with Gasteiger partial charge in [0, 0.05) is 16.3 Å². The van der Waals surface area contributed by atoms with Crippen molar-refractivity contribution < 1.29 is 4.42 Å². The smallest absolute Gasteiger partial charge is 0.143 e. The number of aryl methyl sites for hydroxylation is 2. The zero-order valence-electron chi connectivity index (χ0n) is 15.5. The largest absolute Gasteiger partial charge is 0.455 e. The van der Waals surface area contributed by atoms with E-state index in [9.17, 15) is 0 Å². The summed E-state index contributed by atoms with van der Waals surface area (Å²) in [5, 5.41) is 2.33. The van der Waals surface area contributed by atoms with E-state index in [-0.39, 0.29) is 0 Å². The molecule has 0 saturated heterocycles. The van der Waals surface area contributed by atoms with Gasteiger partial charge >= 0.3 is 0 Å². The van der Waals surface area contributed by atoms with Gasteiger partial charge in [-0.2, -0.15) is 0 Å². The van der Waals surface area contributed by atoms with E-state index in [4.69, 9.17) is 4.42 Å². The van der Waals surface area contributed by atoms with Gasteiger partial charge in [-0.1, -0.05) is 77.9 Å². The van der Waals surface area contributed by atoms with Crippen LogP contribution < -0.4 is 0 Å². The van der Waals surface area contributed by atoms with E-state index in [1.54, 1.807) is 0 Å². The van der Waals surface area contributed by atoms with Crippen LogP contribution in [0.5, 0.6) is 0 Å². The minimum absolute atomic E-state index is 0.933. The van der Waals surface area contributed by atoms with Gasteiger partial charge in [-0.3, -0.25) is 0 Å². The normalized spacial score (nSPS) is 11.3. The molecule has 4 aromatic carbocycles. The molecular formula is C26H20O. The Balaban J connectivity index is 1.89. The third kappa shape index (κ3) is 2.72. The summed E-state index contributed by atoms with van der Waals surface area (Å²) in [6, 6.07) is 30.1. The van der Waals surface area contributed by atoms with Gasteiger partial charge in [0.2, 0.25) is 0 Å². The lowest BCUT2D eigenvalue weighted by atomic mass is 9.94. The van der Waals surface area contributed by atoms with E-state index < -0.39 is 0 Å². The Morgan fingerprint density at radius 3 is 2.04 bits per heavy atom. The Labute approximate surface area is 158 Å². The van der Waals surface area contributed by atoms with Crippen molar-refractivity contribution in [2.45, 2.75) is 13.8 Å². The van der Waals surface area contributed by atoms with E-state index in [0.29, 0.717) is 0 Å². The van der Waals surface area contributed by atoms with Gasteiger partial charge in [0.1, 0.15) is 11.2 Å². The molecular weight excluding hydrogens is 328 g/mol. The molecule has 0 unspecified atom stereocenters. The zero-order chi connectivity index (χ0) is 18.4. The SMILES string of the molecule is Cc1cccc(-c2cc(-c3cccc(C)c3)c3oc4ccccc4c3c2)c1.